The van der Waals surface area contributed by atoms with E-state index in [9.17, 15) is 4.79 Å². The first-order valence-electron chi connectivity index (χ1n) is 6.98. The van der Waals surface area contributed by atoms with Crippen molar-refractivity contribution >= 4 is 13.2 Å². The summed E-state index contributed by atoms with van der Waals surface area (Å²) in [6.07, 6.45) is 7.07. The molecule has 1 aliphatic rings. The molecule has 0 bridgehead atoms. The number of nitrogens with zero attached hydrogens (tertiary/aromatic N) is 1. The summed E-state index contributed by atoms with van der Waals surface area (Å²) >= 11 is 0. The minimum Gasteiger partial charge on any atom is -0.329 e. The molecule has 0 spiro atoms. The average Bonchev–Trinajstić information content (AvgIpc) is 2.35. The van der Waals surface area contributed by atoms with Gasteiger partial charge in [0.25, 0.3) is 0 Å². The van der Waals surface area contributed by atoms with Gasteiger partial charge in [0, 0.05) is 31.9 Å². The zero-order valence-corrected chi connectivity index (χ0v) is 12.1. The maximum atomic E-state index is 11.0. The molecule has 1 rings (SSSR count). The normalized spacial score (nSPS) is 24.6. The van der Waals surface area contributed by atoms with Gasteiger partial charge in [0.05, 0.1) is 0 Å². The number of nitrogens with one attached hydrogen (secondary N) is 2. The lowest BCUT2D eigenvalue weighted by Gasteiger charge is -2.35. The number of allylic oxidation sites excluding steroid dienone is 1. The molecule has 0 atom stereocenters. The third kappa shape index (κ3) is 4.73. The largest absolute Gasteiger partial charge is 0.329 e. The molecule has 1 fully saturated rings. The molecule has 18 heavy (non-hydrogen) atoms. The maximum Gasteiger partial charge on any atom is 0.221 e. The van der Waals surface area contributed by atoms with Crippen LogP contribution in [0, 0.1) is 0 Å². The fraction of sp³-hybridized carbons (Fsp3) is 0.769. The van der Waals surface area contributed by atoms with Crippen LogP contribution >= 0.6 is 0 Å². The first-order valence-corrected chi connectivity index (χ1v) is 6.98. The van der Waals surface area contributed by atoms with Crippen LogP contribution in [0.15, 0.2) is 11.9 Å². The van der Waals surface area contributed by atoms with Gasteiger partial charge >= 0.3 is 0 Å². The van der Waals surface area contributed by atoms with Crippen molar-refractivity contribution in [3.8, 4) is 0 Å². The van der Waals surface area contributed by atoms with Crippen molar-refractivity contribution in [2.24, 2.45) is 0 Å². The van der Waals surface area contributed by atoms with Crippen molar-refractivity contribution in [1.82, 2.24) is 15.8 Å². The van der Waals surface area contributed by atoms with Crippen molar-refractivity contribution < 1.29 is 4.79 Å². The number of amides is 1. The van der Waals surface area contributed by atoms with Crippen molar-refractivity contribution in [2.45, 2.75) is 58.2 Å². The lowest BCUT2D eigenvalue weighted by atomic mass is 9.60. The highest BCUT2D eigenvalue weighted by Gasteiger charge is 2.23. The predicted molar refractivity (Wildman–Crippen MR) is 77.5 cm³/mol. The van der Waals surface area contributed by atoms with E-state index in [1.54, 1.807) is 0 Å². The minimum atomic E-state index is -0.0190. The molecule has 0 aromatic rings. The van der Waals surface area contributed by atoms with E-state index in [0.717, 1.165) is 11.5 Å². The van der Waals surface area contributed by atoms with Crippen molar-refractivity contribution in [3.05, 3.63) is 11.9 Å². The van der Waals surface area contributed by atoms with E-state index >= 15 is 0 Å². The molecule has 0 heterocycles. The zero-order valence-electron chi connectivity index (χ0n) is 12.1. The molecule has 1 aliphatic carbocycles. The second-order valence-corrected chi connectivity index (χ2v) is 5.21. The van der Waals surface area contributed by atoms with E-state index in [2.05, 4.69) is 22.6 Å². The van der Waals surface area contributed by atoms with Crippen LogP contribution in [-0.2, 0) is 4.79 Å². The molecule has 1 amide bonds. The van der Waals surface area contributed by atoms with Gasteiger partial charge in [-0.1, -0.05) is 25.5 Å². The fourth-order valence-electron chi connectivity index (χ4n) is 2.70. The Bertz CT molecular complexity index is 299. The summed E-state index contributed by atoms with van der Waals surface area (Å²) in [5.41, 5.74) is 4.10. The Kier molecular flexibility index (Phi) is 6.26. The highest BCUT2D eigenvalue weighted by Crippen LogP contribution is 2.30. The SMILES string of the molecule is CBC1CCC(N(/C=C(\C)NC(C)=O)NC)CC1. The Morgan fingerprint density at radius 2 is 1.89 bits per heavy atom. The lowest BCUT2D eigenvalue weighted by molar-refractivity contribution is -0.118. The van der Waals surface area contributed by atoms with Crippen LogP contribution in [0.3, 0.4) is 0 Å². The maximum absolute atomic E-state index is 11.0. The van der Waals surface area contributed by atoms with Gasteiger partial charge in [0.2, 0.25) is 5.91 Å². The summed E-state index contributed by atoms with van der Waals surface area (Å²) in [6, 6.07) is 0.543. The summed E-state index contributed by atoms with van der Waals surface area (Å²) in [4.78, 5) is 11.0. The number of hydrazine groups is 1. The van der Waals surface area contributed by atoms with E-state index in [0.29, 0.717) is 6.04 Å². The van der Waals surface area contributed by atoms with Crippen molar-refractivity contribution in [2.75, 3.05) is 7.05 Å². The van der Waals surface area contributed by atoms with Gasteiger partial charge < -0.3 is 10.3 Å². The first kappa shape index (κ1) is 15.1. The third-order valence-corrected chi connectivity index (χ3v) is 3.75. The number of hydrogen-bond acceptors (Lipinski definition) is 3. The first-order chi connectivity index (χ1) is 8.56. The molecular formula is C13H26BN3O. The van der Waals surface area contributed by atoms with Crippen molar-refractivity contribution in [3.63, 3.8) is 0 Å². The molecular weight excluding hydrogens is 225 g/mol. The predicted octanol–water partition coefficient (Wildman–Crippen LogP) is 1.64. The monoisotopic (exact) mass is 251 g/mol. The molecule has 1 saturated carbocycles. The minimum absolute atomic E-state index is 0.0190. The van der Waals surface area contributed by atoms with Gasteiger partial charge in [-0.25, -0.2) is 5.43 Å². The van der Waals surface area contributed by atoms with Crippen LogP contribution in [0.5, 0.6) is 0 Å². The van der Waals surface area contributed by atoms with Gasteiger partial charge in [0.15, 0.2) is 0 Å². The van der Waals surface area contributed by atoms with E-state index < -0.39 is 0 Å². The summed E-state index contributed by atoms with van der Waals surface area (Å²) in [5.74, 6) is 0.884. The Labute approximate surface area is 111 Å². The third-order valence-electron chi connectivity index (χ3n) is 3.75. The summed E-state index contributed by atoms with van der Waals surface area (Å²) in [5, 5.41) is 4.94. The topological polar surface area (TPSA) is 44.4 Å². The summed E-state index contributed by atoms with van der Waals surface area (Å²) in [6.45, 7) is 5.73. The van der Waals surface area contributed by atoms with Gasteiger partial charge in [-0.05, 0) is 19.8 Å². The molecule has 5 heteroatoms. The van der Waals surface area contributed by atoms with Crippen LogP contribution in [-0.4, -0.2) is 31.3 Å². The number of rotatable bonds is 5. The van der Waals surface area contributed by atoms with E-state index in [4.69, 9.17) is 0 Å². The summed E-state index contributed by atoms with van der Waals surface area (Å²) < 4.78 is 0. The zero-order chi connectivity index (χ0) is 13.5. The Morgan fingerprint density at radius 3 is 2.33 bits per heavy atom. The standard InChI is InChI=1S/C13H26BN3O/c1-10(16-11(2)18)9-17(15-4)13-7-5-12(14-3)6-8-13/h9,12-15H,5-8H2,1-4H3,(H,16,18)/b10-9+. The number of carbonyl (C=O) groups excluding carboxylic acids is 1. The van der Waals surface area contributed by atoms with E-state index in [1.165, 1.54) is 39.9 Å². The number of hydrogen-bond donors (Lipinski definition) is 2. The second-order valence-electron chi connectivity index (χ2n) is 5.21. The van der Waals surface area contributed by atoms with Crippen LogP contribution in [0.1, 0.15) is 39.5 Å². The number of carbonyl (C=O) groups is 1. The highest BCUT2D eigenvalue weighted by atomic mass is 16.1. The van der Waals surface area contributed by atoms with Crippen LogP contribution in [0.4, 0.5) is 0 Å². The van der Waals surface area contributed by atoms with Crippen LogP contribution < -0.4 is 10.7 Å². The molecule has 2 N–H and O–H groups in total. The summed E-state index contributed by atoms with van der Waals surface area (Å²) in [7, 11) is 3.23. The smallest absolute Gasteiger partial charge is 0.221 e. The van der Waals surface area contributed by atoms with Gasteiger partial charge in [0.1, 0.15) is 7.28 Å². The molecule has 0 aromatic carbocycles. The van der Waals surface area contributed by atoms with E-state index in [1.807, 2.05) is 20.2 Å². The highest BCUT2D eigenvalue weighted by molar-refractivity contribution is 6.35. The second kappa shape index (κ2) is 7.47. The van der Waals surface area contributed by atoms with E-state index in [-0.39, 0.29) is 5.91 Å². The van der Waals surface area contributed by atoms with Crippen molar-refractivity contribution in [1.29, 1.82) is 0 Å². The Balaban J connectivity index is 2.53. The Hall–Kier alpha value is -0.965. The average molecular weight is 251 g/mol. The lowest BCUT2D eigenvalue weighted by Crippen LogP contribution is -2.42. The molecule has 0 radical (unpaired) electrons. The quantitative estimate of drug-likeness (QED) is 0.576. The molecule has 0 aliphatic heterocycles. The molecule has 0 unspecified atom stereocenters. The van der Waals surface area contributed by atoms with Crippen LogP contribution in [0.25, 0.3) is 0 Å². The molecule has 4 nitrogen and oxygen atoms in total. The van der Waals surface area contributed by atoms with Gasteiger partial charge in [-0.3, -0.25) is 4.79 Å². The van der Waals surface area contributed by atoms with Gasteiger partial charge in [-0.15, -0.1) is 0 Å². The Morgan fingerprint density at radius 1 is 1.28 bits per heavy atom. The van der Waals surface area contributed by atoms with Crippen LogP contribution in [0.2, 0.25) is 12.6 Å². The molecule has 102 valence electrons. The molecule has 0 aromatic heterocycles. The van der Waals surface area contributed by atoms with Gasteiger partial charge in [-0.2, -0.15) is 0 Å². The molecule has 0 saturated heterocycles. The fourth-order valence-corrected chi connectivity index (χ4v) is 2.70.